The largest absolute Gasteiger partial charge is 0.390 e. The standard InChI is InChI=1S/C13H17BrN2OS/c1-13(17)4-6-16(7-5-13)9-2-3-10(12(15)18)11(14)8-9/h2-3,8,17H,4-7H2,1H3,(H2,15,18). The Morgan fingerprint density at radius 2 is 2.06 bits per heavy atom. The Bertz CT molecular complexity index is 466. The molecule has 0 atom stereocenters. The van der Waals surface area contributed by atoms with Gasteiger partial charge in [-0.15, -0.1) is 0 Å². The molecular formula is C13H17BrN2OS. The third-order valence-electron chi connectivity index (χ3n) is 3.42. The molecule has 0 spiro atoms. The van der Waals surface area contributed by atoms with Gasteiger partial charge in [0.1, 0.15) is 4.99 Å². The third-order valence-corrected chi connectivity index (χ3v) is 4.30. The van der Waals surface area contributed by atoms with E-state index in [-0.39, 0.29) is 0 Å². The Labute approximate surface area is 121 Å². The highest BCUT2D eigenvalue weighted by molar-refractivity contribution is 9.10. The van der Waals surface area contributed by atoms with Gasteiger partial charge >= 0.3 is 0 Å². The minimum absolute atomic E-state index is 0.398. The Hall–Kier alpha value is -0.650. The summed E-state index contributed by atoms with van der Waals surface area (Å²) in [7, 11) is 0. The Morgan fingerprint density at radius 3 is 2.56 bits per heavy atom. The summed E-state index contributed by atoms with van der Waals surface area (Å²) in [6, 6.07) is 6.00. The lowest BCUT2D eigenvalue weighted by molar-refractivity contribution is 0.0351. The molecule has 2 rings (SSSR count). The van der Waals surface area contributed by atoms with Gasteiger partial charge in [0.15, 0.2) is 0 Å². The van der Waals surface area contributed by atoms with Gasteiger partial charge < -0.3 is 15.7 Å². The van der Waals surface area contributed by atoms with Crippen LogP contribution in [0.4, 0.5) is 5.69 Å². The fourth-order valence-corrected chi connectivity index (χ4v) is 3.04. The van der Waals surface area contributed by atoms with E-state index in [1.54, 1.807) is 0 Å². The maximum absolute atomic E-state index is 9.94. The van der Waals surface area contributed by atoms with Crippen molar-refractivity contribution in [2.24, 2.45) is 5.73 Å². The van der Waals surface area contributed by atoms with E-state index in [1.807, 2.05) is 25.1 Å². The van der Waals surface area contributed by atoms with Crippen LogP contribution >= 0.6 is 28.1 Å². The normalized spacial score (nSPS) is 18.7. The lowest BCUT2D eigenvalue weighted by Crippen LogP contribution is -2.42. The summed E-state index contributed by atoms with van der Waals surface area (Å²) >= 11 is 8.47. The summed E-state index contributed by atoms with van der Waals surface area (Å²) in [5.41, 5.74) is 7.11. The summed E-state index contributed by atoms with van der Waals surface area (Å²) < 4.78 is 0.921. The number of nitrogens with two attached hydrogens (primary N) is 1. The third kappa shape index (κ3) is 3.02. The number of benzene rings is 1. The zero-order chi connectivity index (χ0) is 13.3. The lowest BCUT2D eigenvalue weighted by Gasteiger charge is -2.37. The Kier molecular flexibility index (Phi) is 3.94. The number of rotatable bonds is 2. The zero-order valence-corrected chi connectivity index (χ0v) is 12.7. The molecule has 1 aromatic carbocycles. The van der Waals surface area contributed by atoms with Crippen molar-refractivity contribution in [3.63, 3.8) is 0 Å². The SMILES string of the molecule is CC1(O)CCN(c2ccc(C(N)=S)c(Br)c2)CC1. The van der Waals surface area contributed by atoms with Crippen LogP contribution in [0.25, 0.3) is 0 Å². The molecule has 3 N–H and O–H groups in total. The van der Waals surface area contributed by atoms with Crippen LogP contribution < -0.4 is 10.6 Å². The smallest absolute Gasteiger partial charge is 0.105 e. The first-order valence-electron chi connectivity index (χ1n) is 5.96. The molecular weight excluding hydrogens is 312 g/mol. The topological polar surface area (TPSA) is 49.5 Å². The van der Waals surface area contributed by atoms with Crippen molar-refractivity contribution < 1.29 is 5.11 Å². The van der Waals surface area contributed by atoms with Gasteiger partial charge in [0, 0.05) is 28.8 Å². The molecule has 0 unspecified atom stereocenters. The number of hydrogen-bond acceptors (Lipinski definition) is 3. The Balaban J connectivity index is 2.16. The van der Waals surface area contributed by atoms with Crippen molar-refractivity contribution in [3.05, 3.63) is 28.2 Å². The highest BCUT2D eigenvalue weighted by Gasteiger charge is 2.27. The molecule has 1 aromatic rings. The second-order valence-corrected chi connectivity index (χ2v) is 6.31. The molecule has 1 aliphatic rings. The van der Waals surface area contributed by atoms with E-state index in [0.29, 0.717) is 4.99 Å². The first kappa shape index (κ1) is 13.8. The predicted octanol–water partition coefficient (Wildman–Crippen LogP) is 2.43. The number of nitrogens with zero attached hydrogens (tertiary/aromatic N) is 1. The van der Waals surface area contributed by atoms with E-state index in [0.717, 1.165) is 41.7 Å². The van der Waals surface area contributed by atoms with Crippen molar-refractivity contribution in [1.82, 2.24) is 0 Å². The van der Waals surface area contributed by atoms with Gasteiger partial charge in [0.25, 0.3) is 0 Å². The van der Waals surface area contributed by atoms with E-state index < -0.39 is 5.60 Å². The van der Waals surface area contributed by atoms with Crippen molar-refractivity contribution in [3.8, 4) is 0 Å². The molecule has 98 valence electrons. The summed E-state index contributed by atoms with van der Waals surface area (Å²) in [5, 5.41) is 9.94. The summed E-state index contributed by atoms with van der Waals surface area (Å²) in [4.78, 5) is 2.67. The maximum atomic E-state index is 9.94. The average Bonchev–Trinajstić information content (AvgIpc) is 2.28. The number of anilines is 1. The van der Waals surface area contributed by atoms with Gasteiger partial charge in [0.2, 0.25) is 0 Å². The van der Waals surface area contributed by atoms with Gasteiger partial charge in [-0.05, 0) is 53.9 Å². The second kappa shape index (κ2) is 5.15. The molecule has 0 saturated carbocycles. The van der Waals surface area contributed by atoms with E-state index in [4.69, 9.17) is 18.0 Å². The monoisotopic (exact) mass is 328 g/mol. The summed E-state index contributed by atoms with van der Waals surface area (Å²) in [5.74, 6) is 0. The molecule has 0 aromatic heterocycles. The van der Waals surface area contributed by atoms with Gasteiger partial charge in [-0.2, -0.15) is 0 Å². The molecule has 3 nitrogen and oxygen atoms in total. The molecule has 1 saturated heterocycles. The molecule has 5 heteroatoms. The quantitative estimate of drug-likeness (QED) is 0.819. The number of hydrogen-bond donors (Lipinski definition) is 2. The first-order chi connectivity index (χ1) is 8.39. The molecule has 0 bridgehead atoms. The molecule has 0 amide bonds. The van der Waals surface area contributed by atoms with Crippen LogP contribution in [-0.4, -0.2) is 28.8 Å². The van der Waals surface area contributed by atoms with Gasteiger partial charge in [-0.25, -0.2) is 0 Å². The van der Waals surface area contributed by atoms with E-state index in [9.17, 15) is 5.11 Å². The van der Waals surface area contributed by atoms with Gasteiger partial charge in [-0.1, -0.05) is 12.2 Å². The van der Waals surface area contributed by atoms with E-state index in [2.05, 4.69) is 20.8 Å². The van der Waals surface area contributed by atoms with Crippen LogP contribution in [0.2, 0.25) is 0 Å². The molecule has 18 heavy (non-hydrogen) atoms. The number of halogens is 1. The lowest BCUT2D eigenvalue weighted by atomic mass is 9.93. The summed E-state index contributed by atoms with van der Waals surface area (Å²) in [6.07, 6.45) is 1.59. The van der Waals surface area contributed by atoms with Crippen molar-refractivity contribution in [2.45, 2.75) is 25.4 Å². The van der Waals surface area contributed by atoms with Crippen molar-refractivity contribution >= 4 is 38.8 Å². The van der Waals surface area contributed by atoms with Crippen LogP contribution in [0.5, 0.6) is 0 Å². The van der Waals surface area contributed by atoms with Crippen molar-refractivity contribution in [1.29, 1.82) is 0 Å². The highest BCUT2D eigenvalue weighted by Crippen LogP contribution is 2.29. The van der Waals surface area contributed by atoms with Gasteiger partial charge in [0.05, 0.1) is 5.60 Å². The Morgan fingerprint density at radius 1 is 1.44 bits per heavy atom. The minimum atomic E-state index is -0.521. The van der Waals surface area contributed by atoms with Crippen LogP contribution in [-0.2, 0) is 0 Å². The van der Waals surface area contributed by atoms with E-state index in [1.165, 1.54) is 0 Å². The average molecular weight is 329 g/mol. The molecule has 0 radical (unpaired) electrons. The molecule has 1 aliphatic heterocycles. The number of thiocarbonyl (C=S) groups is 1. The molecule has 1 heterocycles. The molecule has 1 fully saturated rings. The van der Waals surface area contributed by atoms with Crippen LogP contribution in [0.3, 0.4) is 0 Å². The second-order valence-electron chi connectivity index (χ2n) is 5.01. The van der Waals surface area contributed by atoms with E-state index >= 15 is 0 Å². The highest BCUT2D eigenvalue weighted by atomic mass is 79.9. The van der Waals surface area contributed by atoms with Gasteiger partial charge in [-0.3, -0.25) is 0 Å². The fourth-order valence-electron chi connectivity index (χ4n) is 2.15. The number of aliphatic hydroxyl groups is 1. The fraction of sp³-hybridized carbons (Fsp3) is 0.462. The summed E-state index contributed by atoms with van der Waals surface area (Å²) in [6.45, 7) is 3.63. The van der Waals surface area contributed by atoms with Crippen LogP contribution in [0.1, 0.15) is 25.3 Å². The maximum Gasteiger partial charge on any atom is 0.105 e. The number of piperidine rings is 1. The zero-order valence-electron chi connectivity index (χ0n) is 10.3. The van der Waals surface area contributed by atoms with Crippen LogP contribution in [0, 0.1) is 0 Å². The van der Waals surface area contributed by atoms with Crippen molar-refractivity contribution in [2.75, 3.05) is 18.0 Å². The molecule has 0 aliphatic carbocycles. The van der Waals surface area contributed by atoms with Crippen LogP contribution in [0.15, 0.2) is 22.7 Å². The predicted molar refractivity (Wildman–Crippen MR) is 82.1 cm³/mol. The minimum Gasteiger partial charge on any atom is -0.390 e. The first-order valence-corrected chi connectivity index (χ1v) is 7.16.